The number of unbranched alkanes of at least 4 members (excludes halogenated alkanes) is 1. The summed E-state index contributed by atoms with van der Waals surface area (Å²) in [6, 6.07) is 11.7. The molecule has 0 aliphatic carbocycles. The summed E-state index contributed by atoms with van der Waals surface area (Å²) < 4.78 is 19.8. The van der Waals surface area contributed by atoms with Gasteiger partial charge in [-0.3, -0.25) is 9.69 Å². The van der Waals surface area contributed by atoms with Gasteiger partial charge in [-0.25, -0.2) is 4.39 Å². The Bertz CT molecular complexity index is 1110. The van der Waals surface area contributed by atoms with Crippen LogP contribution in [0.5, 0.6) is 5.88 Å². The molecule has 1 atom stereocenters. The van der Waals surface area contributed by atoms with E-state index >= 15 is 0 Å². The minimum Gasteiger partial charge on any atom is -0.447 e. The fraction of sp³-hybridized carbons (Fsp3) is 0.304. The first-order chi connectivity index (χ1) is 15.0. The van der Waals surface area contributed by atoms with Crippen molar-refractivity contribution in [3.63, 3.8) is 0 Å². The Morgan fingerprint density at radius 3 is 2.68 bits per heavy atom. The van der Waals surface area contributed by atoms with Crippen molar-refractivity contribution >= 4 is 23.4 Å². The molecule has 2 heterocycles. The number of hydrogen-bond donors (Lipinski definition) is 0. The first kappa shape index (κ1) is 21.2. The molecule has 0 radical (unpaired) electrons. The number of halogens is 1. The first-order valence-electron chi connectivity index (χ1n) is 10.2. The number of aromatic nitrogens is 3. The molecule has 6 nitrogen and oxygen atoms in total. The lowest BCUT2D eigenvalue weighted by atomic mass is 10.0. The molecular weight excluding hydrogens is 415 g/mol. The molecule has 0 spiro atoms. The summed E-state index contributed by atoms with van der Waals surface area (Å²) in [6.07, 6.45) is 1.31. The molecule has 1 aromatic heterocycles. The topological polar surface area (TPSA) is 68.2 Å². The van der Waals surface area contributed by atoms with Gasteiger partial charge in [0, 0.05) is 23.8 Å². The van der Waals surface area contributed by atoms with Gasteiger partial charge in [-0.1, -0.05) is 48.9 Å². The van der Waals surface area contributed by atoms with E-state index < -0.39 is 6.23 Å². The third-order valence-corrected chi connectivity index (χ3v) is 5.91. The smallest absolute Gasteiger partial charge is 0.247 e. The number of ether oxygens (including phenoxy) is 1. The van der Waals surface area contributed by atoms with Gasteiger partial charge in [-0.05, 0) is 37.6 Å². The van der Waals surface area contributed by atoms with Gasteiger partial charge in [0.15, 0.2) is 5.69 Å². The second-order valence-electron chi connectivity index (χ2n) is 7.38. The lowest BCUT2D eigenvalue weighted by Gasteiger charge is -2.30. The maximum absolute atomic E-state index is 13.6. The number of carbonyl (C=O) groups is 1. The van der Waals surface area contributed by atoms with Crippen LogP contribution >= 0.6 is 11.8 Å². The summed E-state index contributed by atoms with van der Waals surface area (Å²) in [4.78, 5) is 18.9. The highest BCUT2D eigenvalue weighted by Gasteiger charge is 2.34. The van der Waals surface area contributed by atoms with Gasteiger partial charge in [-0.15, -0.1) is 10.2 Å². The highest BCUT2D eigenvalue weighted by molar-refractivity contribution is 7.99. The molecule has 0 bridgehead atoms. The third-order valence-electron chi connectivity index (χ3n) is 4.98. The molecule has 0 saturated heterocycles. The SMILES string of the molecule is CCCCSc1nnc2c(n1)O[C@H](c1ccc(F)cc1)N(C(C)=O)c1ccc(C)cc1-2. The predicted molar refractivity (Wildman–Crippen MR) is 119 cm³/mol. The fourth-order valence-corrected chi connectivity index (χ4v) is 4.29. The number of benzene rings is 2. The average molecular weight is 439 g/mol. The minimum atomic E-state index is -0.814. The first-order valence-corrected chi connectivity index (χ1v) is 11.2. The van der Waals surface area contributed by atoms with Crippen molar-refractivity contribution < 1.29 is 13.9 Å². The quantitative estimate of drug-likeness (QED) is 0.397. The average Bonchev–Trinajstić information content (AvgIpc) is 2.88. The van der Waals surface area contributed by atoms with Gasteiger partial charge < -0.3 is 4.74 Å². The third kappa shape index (κ3) is 4.39. The van der Waals surface area contributed by atoms with E-state index in [1.165, 1.54) is 30.8 Å². The van der Waals surface area contributed by atoms with Gasteiger partial charge in [0.25, 0.3) is 0 Å². The second-order valence-corrected chi connectivity index (χ2v) is 8.44. The summed E-state index contributed by atoms with van der Waals surface area (Å²) >= 11 is 1.52. The van der Waals surface area contributed by atoms with Crippen molar-refractivity contribution in [2.45, 2.75) is 45.0 Å². The van der Waals surface area contributed by atoms with Crippen molar-refractivity contribution in [2.75, 3.05) is 10.7 Å². The lowest BCUT2D eigenvalue weighted by molar-refractivity contribution is -0.118. The molecule has 0 N–H and O–H groups in total. The molecule has 8 heteroatoms. The van der Waals surface area contributed by atoms with Crippen molar-refractivity contribution in [1.82, 2.24) is 15.2 Å². The highest BCUT2D eigenvalue weighted by atomic mass is 32.2. The minimum absolute atomic E-state index is 0.210. The van der Waals surface area contributed by atoms with Gasteiger partial charge in [0.05, 0.1) is 5.69 Å². The number of aryl methyl sites for hydroxylation is 1. The summed E-state index contributed by atoms with van der Waals surface area (Å²) in [7, 11) is 0. The largest absolute Gasteiger partial charge is 0.447 e. The van der Waals surface area contributed by atoms with Crippen LogP contribution in [0.2, 0.25) is 0 Å². The van der Waals surface area contributed by atoms with E-state index in [1.807, 2.05) is 25.1 Å². The van der Waals surface area contributed by atoms with E-state index in [0.717, 1.165) is 29.7 Å². The molecule has 1 amide bonds. The Labute approximate surface area is 184 Å². The van der Waals surface area contributed by atoms with Crippen LogP contribution in [-0.4, -0.2) is 26.8 Å². The number of fused-ring (bicyclic) bond motifs is 3. The molecular formula is C23H23FN4O2S. The van der Waals surface area contributed by atoms with Crippen LogP contribution in [0.1, 0.15) is 44.0 Å². The molecule has 1 aliphatic heterocycles. The van der Waals surface area contributed by atoms with Crippen LogP contribution in [0.15, 0.2) is 47.6 Å². The lowest BCUT2D eigenvalue weighted by Crippen LogP contribution is -2.36. The van der Waals surface area contributed by atoms with Crippen LogP contribution in [0.3, 0.4) is 0 Å². The number of anilines is 1. The maximum atomic E-state index is 13.6. The monoisotopic (exact) mass is 438 g/mol. The van der Waals surface area contributed by atoms with Crippen LogP contribution in [0, 0.1) is 12.7 Å². The van der Waals surface area contributed by atoms with Gasteiger partial charge >= 0.3 is 0 Å². The number of carbonyl (C=O) groups excluding carboxylic acids is 1. The van der Waals surface area contributed by atoms with E-state index in [0.29, 0.717) is 28.0 Å². The Kier molecular flexibility index (Phi) is 6.18. The summed E-state index contributed by atoms with van der Waals surface area (Å²) in [6.45, 7) is 5.57. The fourth-order valence-electron chi connectivity index (χ4n) is 3.43. The van der Waals surface area contributed by atoms with E-state index in [9.17, 15) is 9.18 Å². The Morgan fingerprint density at radius 1 is 1.19 bits per heavy atom. The van der Waals surface area contributed by atoms with E-state index in [4.69, 9.17) is 4.74 Å². The zero-order valence-corrected chi connectivity index (χ0v) is 18.4. The van der Waals surface area contributed by atoms with E-state index in [1.54, 1.807) is 17.0 Å². The zero-order valence-electron chi connectivity index (χ0n) is 17.6. The normalized spacial score (nSPS) is 15.0. The van der Waals surface area contributed by atoms with Crippen molar-refractivity contribution in [2.24, 2.45) is 0 Å². The number of nitrogens with zero attached hydrogens (tertiary/aromatic N) is 4. The maximum Gasteiger partial charge on any atom is 0.247 e. The van der Waals surface area contributed by atoms with Crippen LogP contribution < -0.4 is 9.64 Å². The predicted octanol–water partition coefficient (Wildman–Crippen LogP) is 5.32. The van der Waals surface area contributed by atoms with Crippen LogP contribution in [0.25, 0.3) is 11.3 Å². The van der Waals surface area contributed by atoms with Gasteiger partial charge in [0.2, 0.25) is 23.2 Å². The molecule has 31 heavy (non-hydrogen) atoms. The van der Waals surface area contributed by atoms with E-state index in [-0.39, 0.29) is 11.7 Å². The van der Waals surface area contributed by atoms with Crippen molar-refractivity contribution in [3.05, 3.63) is 59.4 Å². The van der Waals surface area contributed by atoms with Crippen molar-refractivity contribution in [1.29, 1.82) is 0 Å². The standard InChI is InChI=1S/C23H23FN4O2S/c1-4-5-12-31-23-25-21-20(26-27-23)18-13-14(2)6-11-19(18)28(15(3)29)22(30-21)16-7-9-17(24)10-8-16/h6-11,13,22H,4-5,12H2,1-3H3/t22-/m1/s1. The highest BCUT2D eigenvalue weighted by Crippen LogP contribution is 2.43. The molecule has 0 fully saturated rings. The molecule has 3 aromatic rings. The summed E-state index contributed by atoms with van der Waals surface area (Å²) in [5.74, 6) is 0.617. The van der Waals surface area contributed by atoms with Gasteiger partial charge in [0.1, 0.15) is 5.82 Å². The molecule has 4 rings (SSSR count). The molecule has 0 unspecified atom stereocenters. The Morgan fingerprint density at radius 2 is 1.97 bits per heavy atom. The number of hydrogen-bond acceptors (Lipinski definition) is 6. The molecule has 0 saturated carbocycles. The van der Waals surface area contributed by atoms with E-state index in [2.05, 4.69) is 22.1 Å². The van der Waals surface area contributed by atoms with Crippen molar-refractivity contribution in [3.8, 4) is 17.1 Å². The summed E-state index contributed by atoms with van der Waals surface area (Å²) in [5.41, 5.74) is 3.49. The molecule has 2 aromatic carbocycles. The zero-order chi connectivity index (χ0) is 22.0. The number of rotatable bonds is 5. The Hall–Kier alpha value is -3.00. The number of amides is 1. The Balaban J connectivity index is 1.87. The van der Waals surface area contributed by atoms with Gasteiger partial charge in [-0.2, -0.15) is 4.98 Å². The molecule has 1 aliphatic rings. The summed E-state index contributed by atoms with van der Waals surface area (Å²) in [5, 5.41) is 9.23. The second kappa shape index (κ2) is 9.01. The van der Waals surface area contributed by atoms with Crippen LogP contribution in [-0.2, 0) is 4.79 Å². The number of thioether (sulfide) groups is 1. The molecule has 160 valence electrons. The van der Waals surface area contributed by atoms with Crippen LogP contribution in [0.4, 0.5) is 10.1 Å².